The van der Waals surface area contributed by atoms with Gasteiger partial charge in [-0.25, -0.2) is 4.79 Å². The average Bonchev–Trinajstić information content (AvgIpc) is 2.99. The first-order chi connectivity index (χ1) is 13.3. The van der Waals surface area contributed by atoms with Gasteiger partial charge in [0.05, 0.1) is 24.9 Å². The van der Waals surface area contributed by atoms with Crippen molar-refractivity contribution in [2.45, 2.75) is 25.7 Å². The fourth-order valence-electron chi connectivity index (χ4n) is 3.91. The highest BCUT2D eigenvalue weighted by atomic mass is 16.5. The van der Waals surface area contributed by atoms with Gasteiger partial charge in [0, 0.05) is 30.5 Å². The second kappa shape index (κ2) is 7.91. The van der Waals surface area contributed by atoms with Crippen LogP contribution in [0.4, 0.5) is 11.4 Å². The molecule has 0 N–H and O–H groups in total. The van der Waals surface area contributed by atoms with Crippen LogP contribution in [0.1, 0.15) is 25.7 Å². The summed E-state index contributed by atoms with van der Waals surface area (Å²) >= 11 is 0. The Balaban J connectivity index is 1.57. The third-order valence-electron chi connectivity index (χ3n) is 5.36. The Hall–Kier alpha value is -2.69. The smallest absolute Gasteiger partial charge is 0.337 e. The Kier molecular flexibility index (Phi) is 5.19. The molecule has 2 heterocycles. The topological polar surface area (TPSA) is 42.0 Å². The van der Waals surface area contributed by atoms with Gasteiger partial charge in [-0.2, -0.15) is 0 Å². The third kappa shape index (κ3) is 3.72. The zero-order chi connectivity index (χ0) is 18.6. The maximum absolute atomic E-state index is 11.8. The minimum Gasteiger partial charge on any atom is -0.489 e. The lowest BCUT2D eigenvalue weighted by molar-refractivity contribution is -0.135. The first-order valence-electron chi connectivity index (χ1n) is 9.72. The van der Waals surface area contributed by atoms with Crippen LogP contribution < -0.4 is 14.5 Å². The molecular weight excluding hydrogens is 340 g/mol. The quantitative estimate of drug-likeness (QED) is 0.761. The van der Waals surface area contributed by atoms with E-state index in [9.17, 15) is 4.79 Å². The van der Waals surface area contributed by atoms with Crippen LogP contribution >= 0.6 is 0 Å². The molecular formula is C22H26N2O3. The Bertz CT molecular complexity index is 804. The number of benzene rings is 1. The number of carbonyl (C=O) groups excluding carboxylic acids is 1. The molecule has 0 unspecified atom stereocenters. The number of esters is 1. The summed E-state index contributed by atoms with van der Waals surface area (Å²) in [4.78, 5) is 16.5. The van der Waals surface area contributed by atoms with E-state index in [1.807, 2.05) is 18.2 Å². The number of methoxy groups -OCH3 is 1. The standard InChI is InChI=1S/C22H26N2O3/c1-26-22(25)17-6-5-7-18(9-8-17)24-14-15-27-21-16-19(10-11-20(21)24)23-12-3-2-4-13-23/h6-11,16H,2-5,12-15H2,1H3. The zero-order valence-corrected chi connectivity index (χ0v) is 15.8. The summed E-state index contributed by atoms with van der Waals surface area (Å²) in [5.41, 5.74) is 4.01. The average molecular weight is 366 g/mol. The van der Waals surface area contributed by atoms with Crippen molar-refractivity contribution in [2.75, 3.05) is 43.2 Å². The Morgan fingerprint density at radius 2 is 1.93 bits per heavy atom. The number of piperidine rings is 1. The molecule has 1 aromatic rings. The summed E-state index contributed by atoms with van der Waals surface area (Å²) in [7, 11) is 1.41. The number of ether oxygens (including phenoxy) is 2. The summed E-state index contributed by atoms with van der Waals surface area (Å²) in [6.45, 7) is 3.69. The summed E-state index contributed by atoms with van der Waals surface area (Å²) in [5.74, 6) is 0.637. The van der Waals surface area contributed by atoms with Gasteiger partial charge in [0.1, 0.15) is 12.4 Å². The summed E-state index contributed by atoms with van der Waals surface area (Å²) in [6.07, 6.45) is 12.4. The molecule has 3 aliphatic rings. The van der Waals surface area contributed by atoms with Crippen molar-refractivity contribution in [3.05, 3.63) is 53.8 Å². The third-order valence-corrected chi connectivity index (χ3v) is 5.36. The first-order valence-corrected chi connectivity index (χ1v) is 9.72. The largest absolute Gasteiger partial charge is 0.489 e. The second-order valence-corrected chi connectivity index (χ2v) is 7.05. The molecule has 0 saturated carbocycles. The lowest BCUT2D eigenvalue weighted by Crippen LogP contribution is -2.32. The predicted octanol–water partition coefficient (Wildman–Crippen LogP) is 3.82. The van der Waals surface area contributed by atoms with E-state index in [4.69, 9.17) is 9.47 Å². The maximum atomic E-state index is 11.8. The predicted molar refractivity (Wildman–Crippen MR) is 107 cm³/mol. The van der Waals surface area contributed by atoms with Gasteiger partial charge in [-0.15, -0.1) is 0 Å². The molecule has 5 nitrogen and oxygen atoms in total. The van der Waals surface area contributed by atoms with Crippen LogP contribution in [0.3, 0.4) is 0 Å². The number of nitrogens with zero attached hydrogens (tertiary/aromatic N) is 2. The van der Waals surface area contributed by atoms with Crippen LogP contribution in [0, 0.1) is 0 Å². The number of carbonyl (C=O) groups is 1. The number of fused-ring (bicyclic) bond motifs is 1. The Morgan fingerprint density at radius 3 is 2.74 bits per heavy atom. The van der Waals surface area contributed by atoms with Crippen LogP contribution in [0.25, 0.3) is 0 Å². The van der Waals surface area contributed by atoms with Crippen molar-refractivity contribution >= 4 is 17.3 Å². The van der Waals surface area contributed by atoms with E-state index in [2.05, 4.69) is 34.1 Å². The van der Waals surface area contributed by atoms with Crippen LogP contribution in [0.2, 0.25) is 0 Å². The molecule has 4 rings (SSSR count). The van der Waals surface area contributed by atoms with Gasteiger partial charge in [-0.1, -0.05) is 12.2 Å². The van der Waals surface area contributed by atoms with Gasteiger partial charge >= 0.3 is 5.97 Å². The maximum Gasteiger partial charge on any atom is 0.337 e. The normalized spacial score (nSPS) is 19.4. The highest BCUT2D eigenvalue weighted by Crippen LogP contribution is 2.38. The fourth-order valence-corrected chi connectivity index (χ4v) is 3.91. The zero-order valence-electron chi connectivity index (χ0n) is 15.8. The van der Waals surface area contributed by atoms with Gasteiger partial charge in [0.2, 0.25) is 0 Å². The molecule has 1 aromatic carbocycles. The molecule has 142 valence electrons. The van der Waals surface area contributed by atoms with Crippen LogP contribution in [0.5, 0.6) is 5.75 Å². The van der Waals surface area contributed by atoms with E-state index >= 15 is 0 Å². The van der Waals surface area contributed by atoms with E-state index in [0.29, 0.717) is 18.6 Å². The molecule has 5 heteroatoms. The minimum atomic E-state index is -0.297. The van der Waals surface area contributed by atoms with Gasteiger partial charge in [-0.05, 0) is 50.0 Å². The molecule has 1 fully saturated rings. The van der Waals surface area contributed by atoms with Gasteiger partial charge < -0.3 is 19.3 Å². The SMILES string of the molecule is COC(=O)C1=CCC=C(N2CCOc3cc(N4CCCCC4)ccc32)C=C1. The van der Waals surface area contributed by atoms with E-state index in [1.54, 1.807) is 0 Å². The van der Waals surface area contributed by atoms with E-state index in [-0.39, 0.29) is 5.97 Å². The number of allylic oxidation sites excluding steroid dienone is 3. The Labute approximate surface area is 160 Å². The van der Waals surface area contributed by atoms with Gasteiger partial charge in [0.25, 0.3) is 0 Å². The molecule has 0 atom stereocenters. The van der Waals surface area contributed by atoms with Crippen molar-refractivity contribution in [1.82, 2.24) is 0 Å². The highest BCUT2D eigenvalue weighted by Gasteiger charge is 2.22. The van der Waals surface area contributed by atoms with Crippen molar-refractivity contribution in [3.63, 3.8) is 0 Å². The summed E-state index contributed by atoms with van der Waals surface area (Å²) < 4.78 is 10.8. The lowest BCUT2D eigenvalue weighted by Gasteiger charge is -2.34. The van der Waals surface area contributed by atoms with Crippen LogP contribution in [0.15, 0.2) is 53.8 Å². The molecule has 1 aliphatic carbocycles. The lowest BCUT2D eigenvalue weighted by atomic mass is 10.1. The first kappa shape index (κ1) is 17.7. The van der Waals surface area contributed by atoms with E-state index < -0.39 is 0 Å². The second-order valence-electron chi connectivity index (χ2n) is 7.05. The van der Waals surface area contributed by atoms with Crippen LogP contribution in [-0.4, -0.2) is 39.3 Å². The molecule has 1 saturated heterocycles. The highest BCUT2D eigenvalue weighted by molar-refractivity contribution is 5.91. The molecule has 0 spiro atoms. The molecule has 2 aliphatic heterocycles. The summed E-state index contributed by atoms with van der Waals surface area (Å²) in [5, 5.41) is 0. The molecule has 0 aromatic heterocycles. The van der Waals surface area contributed by atoms with Crippen molar-refractivity contribution in [3.8, 4) is 5.75 Å². The van der Waals surface area contributed by atoms with E-state index in [1.165, 1.54) is 32.1 Å². The number of anilines is 2. The van der Waals surface area contributed by atoms with Crippen molar-refractivity contribution in [2.24, 2.45) is 0 Å². The van der Waals surface area contributed by atoms with E-state index in [0.717, 1.165) is 36.8 Å². The van der Waals surface area contributed by atoms with Gasteiger partial charge in [0.15, 0.2) is 0 Å². The minimum absolute atomic E-state index is 0.297. The monoisotopic (exact) mass is 366 g/mol. The number of hydrogen-bond acceptors (Lipinski definition) is 5. The summed E-state index contributed by atoms with van der Waals surface area (Å²) in [6, 6.07) is 6.53. The van der Waals surface area contributed by atoms with Crippen molar-refractivity contribution in [1.29, 1.82) is 0 Å². The molecule has 0 radical (unpaired) electrons. The molecule has 0 bridgehead atoms. The number of hydrogen-bond donors (Lipinski definition) is 0. The van der Waals surface area contributed by atoms with Crippen molar-refractivity contribution < 1.29 is 14.3 Å². The Morgan fingerprint density at radius 1 is 1.07 bits per heavy atom. The number of rotatable bonds is 3. The molecule has 27 heavy (non-hydrogen) atoms. The molecule has 0 amide bonds. The van der Waals surface area contributed by atoms with Gasteiger partial charge in [-0.3, -0.25) is 0 Å². The van der Waals surface area contributed by atoms with Crippen LogP contribution in [-0.2, 0) is 9.53 Å². The fraction of sp³-hybridized carbons (Fsp3) is 0.409.